The van der Waals surface area contributed by atoms with Crippen molar-refractivity contribution in [3.8, 4) is 0 Å². The van der Waals surface area contributed by atoms with Crippen molar-refractivity contribution in [3.63, 3.8) is 0 Å². The second kappa shape index (κ2) is 9.67. The van der Waals surface area contributed by atoms with Gasteiger partial charge in [-0.2, -0.15) is 11.8 Å². The summed E-state index contributed by atoms with van der Waals surface area (Å²) in [5.74, 6) is 2.21. The molecule has 0 spiro atoms. The van der Waals surface area contributed by atoms with Gasteiger partial charge >= 0.3 is 0 Å². The number of rotatable bonds is 9. The molecule has 2 rings (SSSR count). The Bertz CT molecular complexity index is 517. The number of aliphatic hydroxyl groups excluding tert-OH is 1. The molecule has 0 saturated carbocycles. The molecule has 0 aliphatic rings. The van der Waals surface area contributed by atoms with Crippen molar-refractivity contribution >= 4 is 11.8 Å². The molecule has 0 heterocycles. The monoisotopic (exact) mass is 315 g/mol. The first-order valence-corrected chi connectivity index (χ1v) is 9.01. The van der Waals surface area contributed by atoms with Crippen LogP contribution in [0.3, 0.4) is 0 Å². The van der Waals surface area contributed by atoms with Gasteiger partial charge in [0.15, 0.2) is 0 Å². The van der Waals surface area contributed by atoms with Crippen LogP contribution in [-0.2, 0) is 5.75 Å². The largest absolute Gasteiger partial charge is 0.387 e. The van der Waals surface area contributed by atoms with Gasteiger partial charge in [-0.3, -0.25) is 0 Å². The quantitative estimate of drug-likeness (QED) is 0.686. The Hall–Kier alpha value is -1.29. The number of benzene rings is 2. The number of hydrogen-bond donors (Lipinski definition) is 2. The van der Waals surface area contributed by atoms with Crippen LogP contribution >= 0.6 is 11.8 Å². The smallest absolute Gasteiger partial charge is 0.0940 e. The lowest BCUT2D eigenvalue weighted by Gasteiger charge is -2.20. The molecule has 0 fully saturated rings. The fourth-order valence-corrected chi connectivity index (χ4v) is 3.24. The van der Waals surface area contributed by atoms with Crippen LogP contribution < -0.4 is 5.32 Å². The third-order valence-electron chi connectivity index (χ3n) is 3.66. The first kappa shape index (κ1) is 17.1. The minimum atomic E-state index is -0.446. The summed E-state index contributed by atoms with van der Waals surface area (Å²) in [6.45, 7) is 2.97. The Morgan fingerprint density at radius 1 is 1.00 bits per heavy atom. The van der Waals surface area contributed by atoms with E-state index in [9.17, 15) is 5.11 Å². The van der Waals surface area contributed by atoms with Gasteiger partial charge in [0.25, 0.3) is 0 Å². The Labute approximate surface area is 138 Å². The van der Waals surface area contributed by atoms with Crippen LogP contribution in [0.1, 0.15) is 30.6 Å². The third kappa shape index (κ3) is 5.84. The molecule has 118 valence electrons. The van der Waals surface area contributed by atoms with Crippen LogP contribution in [0.2, 0.25) is 0 Å². The summed E-state index contributed by atoms with van der Waals surface area (Å²) in [4.78, 5) is 0. The van der Waals surface area contributed by atoms with Crippen LogP contribution in [0.25, 0.3) is 0 Å². The number of thioether (sulfide) groups is 1. The van der Waals surface area contributed by atoms with E-state index in [1.54, 1.807) is 0 Å². The SMILES string of the molecule is C[C@@H](NCCCSCc1ccccc1)[C@H](O)c1ccccc1. The molecule has 2 aromatic carbocycles. The van der Waals surface area contributed by atoms with Crippen LogP contribution in [0.5, 0.6) is 0 Å². The molecule has 22 heavy (non-hydrogen) atoms. The molecule has 0 unspecified atom stereocenters. The van der Waals surface area contributed by atoms with E-state index in [4.69, 9.17) is 0 Å². The lowest BCUT2D eigenvalue weighted by Crippen LogP contribution is -2.33. The normalized spacial score (nSPS) is 13.7. The fourth-order valence-electron chi connectivity index (χ4n) is 2.32. The molecule has 0 aliphatic carbocycles. The first-order chi connectivity index (χ1) is 10.8. The molecule has 2 nitrogen and oxygen atoms in total. The average Bonchev–Trinajstić information content (AvgIpc) is 2.58. The molecule has 0 saturated heterocycles. The number of aliphatic hydroxyl groups is 1. The summed E-state index contributed by atoms with van der Waals surface area (Å²) in [6.07, 6.45) is 0.668. The minimum Gasteiger partial charge on any atom is -0.387 e. The number of hydrogen-bond acceptors (Lipinski definition) is 3. The van der Waals surface area contributed by atoms with Gasteiger partial charge in [-0.25, -0.2) is 0 Å². The molecule has 0 radical (unpaired) electrons. The summed E-state index contributed by atoms with van der Waals surface area (Å²) in [5, 5.41) is 13.7. The van der Waals surface area contributed by atoms with Crippen molar-refractivity contribution in [1.29, 1.82) is 0 Å². The van der Waals surface area contributed by atoms with E-state index in [1.165, 1.54) is 5.56 Å². The molecule has 3 heteroatoms. The maximum Gasteiger partial charge on any atom is 0.0940 e. The fraction of sp³-hybridized carbons (Fsp3) is 0.368. The lowest BCUT2D eigenvalue weighted by atomic mass is 10.0. The Balaban J connectivity index is 1.58. The van der Waals surface area contributed by atoms with E-state index < -0.39 is 6.10 Å². The number of nitrogens with one attached hydrogen (secondary N) is 1. The molecule has 0 bridgehead atoms. The third-order valence-corrected chi connectivity index (χ3v) is 4.77. The average molecular weight is 315 g/mol. The minimum absolute atomic E-state index is 0.0709. The predicted octanol–water partition coefficient (Wildman–Crippen LogP) is 4.02. The standard InChI is InChI=1S/C19H25NOS/c1-16(19(21)18-11-6-3-7-12-18)20-13-8-14-22-15-17-9-4-2-5-10-17/h2-7,9-12,16,19-21H,8,13-15H2,1H3/t16-,19+/m1/s1. The van der Waals surface area contributed by atoms with Gasteiger partial charge in [0, 0.05) is 11.8 Å². The van der Waals surface area contributed by atoms with Gasteiger partial charge in [0.1, 0.15) is 0 Å². The molecule has 0 aliphatic heterocycles. The van der Waals surface area contributed by atoms with Gasteiger partial charge in [-0.15, -0.1) is 0 Å². The Morgan fingerprint density at radius 3 is 2.32 bits per heavy atom. The van der Waals surface area contributed by atoms with Crippen molar-refractivity contribution < 1.29 is 5.11 Å². The summed E-state index contributed by atoms with van der Waals surface area (Å²) in [6, 6.07) is 20.5. The molecular formula is C19H25NOS. The highest BCUT2D eigenvalue weighted by molar-refractivity contribution is 7.98. The van der Waals surface area contributed by atoms with E-state index in [1.807, 2.05) is 49.0 Å². The molecule has 0 amide bonds. The molecule has 2 atom stereocenters. The van der Waals surface area contributed by atoms with E-state index in [2.05, 4.69) is 35.6 Å². The van der Waals surface area contributed by atoms with Crippen LogP contribution in [-0.4, -0.2) is 23.4 Å². The van der Waals surface area contributed by atoms with Crippen molar-refractivity contribution in [1.82, 2.24) is 5.32 Å². The topological polar surface area (TPSA) is 32.3 Å². The van der Waals surface area contributed by atoms with Gasteiger partial charge in [-0.05, 0) is 36.8 Å². The van der Waals surface area contributed by atoms with Gasteiger partial charge in [0.2, 0.25) is 0 Å². The molecule has 0 aromatic heterocycles. The summed E-state index contributed by atoms with van der Waals surface area (Å²) < 4.78 is 0. The Kier molecular flexibility index (Phi) is 7.50. The van der Waals surface area contributed by atoms with Gasteiger partial charge in [-0.1, -0.05) is 60.7 Å². The Morgan fingerprint density at radius 2 is 1.64 bits per heavy atom. The highest BCUT2D eigenvalue weighted by Gasteiger charge is 2.14. The first-order valence-electron chi connectivity index (χ1n) is 7.85. The van der Waals surface area contributed by atoms with Crippen molar-refractivity contribution in [3.05, 3.63) is 71.8 Å². The van der Waals surface area contributed by atoms with Crippen molar-refractivity contribution in [2.45, 2.75) is 31.2 Å². The van der Waals surface area contributed by atoms with E-state index in [0.29, 0.717) is 0 Å². The highest BCUT2D eigenvalue weighted by Crippen LogP contribution is 2.16. The van der Waals surface area contributed by atoms with E-state index >= 15 is 0 Å². The molecule has 2 aromatic rings. The zero-order valence-corrected chi connectivity index (χ0v) is 13.9. The zero-order chi connectivity index (χ0) is 15.6. The lowest BCUT2D eigenvalue weighted by molar-refractivity contribution is 0.136. The maximum absolute atomic E-state index is 10.3. The predicted molar refractivity (Wildman–Crippen MR) is 96.1 cm³/mol. The van der Waals surface area contributed by atoms with E-state index in [-0.39, 0.29) is 6.04 Å². The highest BCUT2D eigenvalue weighted by atomic mass is 32.2. The van der Waals surface area contributed by atoms with Gasteiger partial charge in [0.05, 0.1) is 6.10 Å². The molecular weight excluding hydrogens is 290 g/mol. The van der Waals surface area contributed by atoms with Crippen LogP contribution in [0.4, 0.5) is 0 Å². The summed E-state index contributed by atoms with van der Waals surface area (Å²) in [7, 11) is 0. The van der Waals surface area contributed by atoms with Crippen molar-refractivity contribution in [2.75, 3.05) is 12.3 Å². The zero-order valence-electron chi connectivity index (χ0n) is 13.1. The summed E-state index contributed by atoms with van der Waals surface area (Å²) in [5.41, 5.74) is 2.36. The van der Waals surface area contributed by atoms with Crippen LogP contribution in [0, 0.1) is 0 Å². The van der Waals surface area contributed by atoms with E-state index in [0.717, 1.165) is 30.0 Å². The second-order valence-electron chi connectivity index (χ2n) is 5.49. The summed E-state index contributed by atoms with van der Waals surface area (Å²) >= 11 is 1.96. The maximum atomic E-state index is 10.3. The van der Waals surface area contributed by atoms with Crippen LogP contribution in [0.15, 0.2) is 60.7 Å². The molecule has 2 N–H and O–H groups in total. The second-order valence-corrected chi connectivity index (χ2v) is 6.60. The van der Waals surface area contributed by atoms with Crippen molar-refractivity contribution in [2.24, 2.45) is 0 Å². The van der Waals surface area contributed by atoms with Gasteiger partial charge < -0.3 is 10.4 Å².